The molecule has 2 nitrogen and oxygen atoms in total. The van der Waals surface area contributed by atoms with Gasteiger partial charge in [0.05, 0.1) is 0 Å². The summed E-state index contributed by atoms with van der Waals surface area (Å²) in [4.78, 5) is 4.09. The summed E-state index contributed by atoms with van der Waals surface area (Å²) >= 11 is 0. The quantitative estimate of drug-likeness (QED) is 0.803. The van der Waals surface area contributed by atoms with Crippen molar-refractivity contribution in [2.45, 2.75) is 46.1 Å². The summed E-state index contributed by atoms with van der Waals surface area (Å²) in [6, 6.07) is 2.20. The Balaban J connectivity index is 2.61. The van der Waals surface area contributed by atoms with Crippen LogP contribution in [0.15, 0.2) is 18.5 Å². The van der Waals surface area contributed by atoms with E-state index in [-0.39, 0.29) is 6.04 Å². The molecule has 0 radical (unpaired) electrons. The topological polar surface area (TPSA) is 38.9 Å². The molecule has 1 aromatic rings. The van der Waals surface area contributed by atoms with Crippen LogP contribution in [0.25, 0.3) is 0 Å². The molecule has 0 aromatic carbocycles. The molecule has 0 aliphatic carbocycles. The molecule has 0 spiro atoms. The van der Waals surface area contributed by atoms with Gasteiger partial charge in [0.2, 0.25) is 0 Å². The smallest absolute Gasteiger partial charge is 0.0301 e. The van der Waals surface area contributed by atoms with E-state index < -0.39 is 0 Å². The zero-order valence-electron chi connectivity index (χ0n) is 10.0. The molecule has 1 aromatic heterocycles. The zero-order valence-corrected chi connectivity index (χ0v) is 10.0. The van der Waals surface area contributed by atoms with Crippen LogP contribution in [0, 0.1) is 12.8 Å². The molecule has 2 heteroatoms. The molecular formula is C13H22N2. The fourth-order valence-electron chi connectivity index (χ4n) is 2.07. The van der Waals surface area contributed by atoms with Crippen LogP contribution in [0.1, 0.15) is 50.3 Å². The highest BCUT2D eigenvalue weighted by Crippen LogP contribution is 2.23. The SMILES string of the molecule is CCCC(C)CC(N)c1ccncc1C. The van der Waals surface area contributed by atoms with Crippen molar-refractivity contribution in [2.75, 3.05) is 0 Å². The minimum Gasteiger partial charge on any atom is -0.324 e. The number of rotatable bonds is 5. The second-order valence-corrected chi connectivity index (χ2v) is 4.47. The van der Waals surface area contributed by atoms with Gasteiger partial charge in [-0.2, -0.15) is 0 Å². The van der Waals surface area contributed by atoms with Gasteiger partial charge in [-0.25, -0.2) is 0 Å². The Morgan fingerprint density at radius 1 is 1.47 bits per heavy atom. The van der Waals surface area contributed by atoms with Gasteiger partial charge in [-0.1, -0.05) is 26.7 Å². The fraction of sp³-hybridized carbons (Fsp3) is 0.615. The molecule has 0 amide bonds. The van der Waals surface area contributed by atoms with Gasteiger partial charge in [0.25, 0.3) is 0 Å². The van der Waals surface area contributed by atoms with Gasteiger partial charge in [0.15, 0.2) is 0 Å². The van der Waals surface area contributed by atoms with E-state index in [0.29, 0.717) is 5.92 Å². The van der Waals surface area contributed by atoms with E-state index in [0.717, 1.165) is 6.42 Å². The largest absolute Gasteiger partial charge is 0.324 e. The lowest BCUT2D eigenvalue weighted by Gasteiger charge is -2.18. The highest BCUT2D eigenvalue weighted by Gasteiger charge is 2.12. The van der Waals surface area contributed by atoms with E-state index in [2.05, 4.69) is 25.8 Å². The molecular weight excluding hydrogens is 184 g/mol. The van der Waals surface area contributed by atoms with Gasteiger partial charge in [0.1, 0.15) is 0 Å². The summed E-state index contributed by atoms with van der Waals surface area (Å²) < 4.78 is 0. The van der Waals surface area contributed by atoms with Crippen molar-refractivity contribution in [2.24, 2.45) is 11.7 Å². The number of hydrogen-bond acceptors (Lipinski definition) is 2. The number of aromatic nitrogens is 1. The number of nitrogens with two attached hydrogens (primary N) is 1. The molecule has 15 heavy (non-hydrogen) atoms. The first-order valence-corrected chi connectivity index (χ1v) is 5.81. The molecule has 0 saturated heterocycles. The Hall–Kier alpha value is -0.890. The first kappa shape index (κ1) is 12.2. The van der Waals surface area contributed by atoms with Gasteiger partial charge in [0, 0.05) is 18.4 Å². The number of aryl methyl sites for hydroxylation is 1. The third-order valence-corrected chi connectivity index (χ3v) is 2.90. The summed E-state index contributed by atoms with van der Waals surface area (Å²) in [7, 11) is 0. The number of pyridine rings is 1. The van der Waals surface area contributed by atoms with Crippen LogP contribution in [0.4, 0.5) is 0 Å². The van der Waals surface area contributed by atoms with E-state index in [4.69, 9.17) is 5.73 Å². The van der Waals surface area contributed by atoms with Crippen molar-refractivity contribution in [1.82, 2.24) is 4.98 Å². The maximum absolute atomic E-state index is 6.20. The van der Waals surface area contributed by atoms with Gasteiger partial charge in [-0.05, 0) is 36.5 Å². The van der Waals surface area contributed by atoms with E-state index in [1.54, 1.807) is 0 Å². The maximum atomic E-state index is 6.20. The summed E-state index contributed by atoms with van der Waals surface area (Å²) in [5.74, 6) is 0.706. The molecule has 2 N–H and O–H groups in total. The van der Waals surface area contributed by atoms with Crippen molar-refractivity contribution in [3.8, 4) is 0 Å². The zero-order chi connectivity index (χ0) is 11.3. The third kappa shape index (κ3) is 3.63. The predicted octanol–water partition coefficient (Wildman–Crippen LogP) is 3.22. The van der Waals surface area contributed by atoms with E-state index in [1.807, 2.05) is 18.5 Å². The lowest BCUT2D eigenvalue weighted by molar-refractivity contribution is 0.439. The number of hydrogen-bond donors (Lipinski definition) is 1. The molecule has 84 valence electrons. The van der Waals surface area contributed by atoms with Gasteiger partial charge < -0.3 is 5.73 Å². The Morgan fingerprint density at radius 2 is 2.20 bits per heavy atom. The second kappa shape index (κ2) is 5.86. The minimum atomic E-state index is 0.162. The summed E-state index contributed by atoms with van der Waals surface area (Å²) in [5.41, 5.74) is 8.65. The van der Waals surface area contributed by atoms with Crippen LogP contribution in [0.2, 0.25) is 0 Å². The molecule has 2 atom stereocenters. The van der Waals surface area contributed by atoms with Crippen LogP contribution in [0.5, 0.6) is 0 Å². The Morgan fingerprint density at radius 3 is 2.80 bits per heavy atom. The first-order valence-electron chi connectivity index (χ1n) is 5.81. The van der Waals surface area contributed by atoms with Crippen LogP contribution < -0.4 is 5.73 Å². The van der Waals surface area contributed by atoms with Crippen molar-refractivity contribution >= 4 is 0 Å². The minimum absolute atomic E-state index is 0.162. The normalized spacial score (nSPS) is 14.9. The van der Waals surface area contributed by atoms with Gasteiger partial charge >= 0.3 is 0 Å². The molecule has 0 aliphatic heterocycles. The molecule has 0 aliphatic rings. The van der Waals surface area contributed by atoms with E-state index in [1.165, 1.54) is 24.0 Å². The van der Waals surface area contributed by atoms with Crippen molar-refractivity contribution < 1.29 is 0 Å². The van der Waals surface area contributed by atoms with Crippen LogP contribution in [-0.2, 0) is 0 Å². The monoisotopic (exact) mass is 206 g/mol. The molecule has 1 rings (SSSR count). The summed E-state index contributed by atoms with van der Waals surface area (Å²) in [5, 5.41) is 0. The molecule has 0 bridgehead atoms. The van der Waals surface area contributed by atoms with Crippen molar-refractivity contribution in [1.29, 1.82) is 0 Å². The lowest BCUT2D eigenvalue weighted by atomic mass is 9.92. The molecule has 2 unspecified atom stereocenters. The summed E-state index contributed by atoms with van der Waals surface area (Å²) in [6.07, 6.45) is 7.28. The van der Waals surface area contributed by atoms with E-state index >= 15 is 0 Å². The summed E-state index contributed by atoms with van der Waals surface area (Å²) in [6.45, 7) is 6.58. The second-order valence-electron chi connectivity index (χ2n) is 4.47. The first-order chi connectivity index (χ1) is 7.15. The Kier molecular flexibility index (Phi) is 4.76. The Labute approximate surface area is 92.9 Å². The average molecular weight is 206 g/mol. The lowest BCUT2D eigenvalue weighted by Crippen LogP contribution is -2.15. The van der Waals surface area contributed by atoms with Crippen LogP contribution in [0.3, 0.4) is 0 Å². The standard InChI is InChI=1S/C13H22N2/c1-4-5-10(2)8-13(14)12-6-7-15-9-11(12)3/h6-7,9-10,13H,4-5,8,14H2,1-3H3. The van der Waals surface area contributed by atoms with Crippen LogP contribution in [-0.4, -0.2) is 4.98 Å². The highest BCUT2D eigenvalue weighted by atomic mass is 14.7. The van der Waals surface area contributed by atoms with E-state index in [9.17, 15) is 0 Å². The van der Waals surface area contributed by atoms with Gasteiger partial charge in [-0.3, -0.25) is 4.98 Å². The van der Waals surface area contributed by atoms with Crippen molar-refractivity contribution in [3.63, 3.8) is 0 Å². The van der Waals surface area contributed by atoms with Crippen molar-refractivity contribution in [3.05, 3.63) is 29.6 Å². The average Bonchev–Trinajstić information content (AvgIpc) is 2.18. The third-order valence-electron chi connectivity index (χ3n) is 2.90. The predicted molar refractivity (Wildman–Crippen MR) is 64.6 cm³/mol. The maximum Gasteiger partial charge on any atom is 0.0301 e. The molecule has 1 heterocycles. The molecule has 0 saturated carbocycles. The van der Waals surface area contributed by atoms with Crippen LogP contribution >= 0.6 is 0 Å². The van der Waals surface area contributed by atoms with Gasteiger partial charge in [-0.15, -0.1) is 0 Å². The Bertz CT molecular complexity index is 296. The highest BCUT2D eigenvalue weighted by molar-refractivity contribution is 5.24. The fourth-order valence-corrected chi connectivity index (χ4v) is 2.07. The number of nitrogens with zero attached hydrogens (tertiary/aromatic N) is 1. The molecule has 0 fully saturated rings.